The molecule has 15 heavy (non-hydrogen) atoms. The Morgan fingerprint density at radius 2 is 2.33 bits per heavy atom. The highest BCUT2D eigenvalue weighted by Gasteiger charge is 2.18. The van der Waals surface area contributed by atoms with Gasteiger partial charge in [0, 0.05) is 32.6 Å². The van der Waals surface area contributed by atoms with Gasteiger partial charge in [-0.3, -0.25) is 4.79 Å². The minimum atomic E-state index is 0.139. The summed E-state index contributed by atoms with van der Waals surface area (Å²) in [4.78, 5) is 13.5. The number of carbonyl (C=O) groups excluding carboxylic acids is 1. The van der Waals surface area contributed by atoms with Gasteiger partial charge in [0.25, 0.3) is 0 Å². The van der Waals surface area contributed by atoms with Gasteiger partial charge in [-0.15, -0.1) is 0 Å². The molecule has 1 amide bonds. The van der Waals surface area contributed by atoms with Gasteiger partial charge in [-0.2, -0.15) is 0 Å². The van der Waals surface area contributed by atoms with Crippen molar-refractivity contribution in [3.05, 3.63) is 0 Å². The van der Waals surface area contributed by atoms with Gasteiger partial charge in [0.1, 0.15) is 0 Å². The van der Waals surface area contributed by atoms with E-state index in [1.807, 2.05) is 0 Å². The highest BCUT2D eigenvalue weighted by molar-refractivity contribution is 5.75. The highest BCUT2D eigenvalue weighted by Crippen LogP contribution is 2.09. The molecule has 0 aromatic carbocycles. The van der Waals surface area contributed by atoms with E-state index in [1.165, 1.54) is 12.8 Å². The van der Waals surface area contributed by atoms with E-state index < -0.39 is 0 Å². The second kappa shape index (κ2) is 6.80. The van der Waals surface area contributed by atoms with E-state index in [2.05, 4.69) is 22.5 Å². The third kappa shape index (κ3) is 4.62. The summed E-state index contributed by atoms with van der Waals surface area (Å²) in [6.45, 7) is 6.29. The molecule has 0 spiro atoms. The maximum atomic E-state index is 11.1. The summed E-state index contributed by atoms with van der Waals surface area (Å²) in [5, 5.41) is 6.13. The number of likely N-dealkylation sites (N-methyl/N-ethyl adjacent to an activating group) is 1. The summed E-state index contributed by atoms with van der Waals surface area (Å²) in [6.07, 6.45) is 3.13. The molecule has 1 heterocycles. The van der Waals surface area contributed by atoms with Gasteiger partial charge in [0.2, 0.25) is 5.91 Å². The maximum Gasteiger partial charge on any atom is 0.221 e. The van der Waals surface area contributed by atoms with Gasteiger partial charge in [0.15, 0.2) is 0 Å². The number of nitrogens with zero attached hydrogens (tertiary/aromatic N) is 1. The number of likely N-dealkylation sites (tertiary alicyclic amines) is 1. The summed E-state index contributed by atoms with van der Waals surface area (Å²) in [5.41, 5.74) is 0. The second-order valence-corrected chi connectivity index (χ2v) is 4.12. The van der Waals surface area contributed by atoms with E-state index in [4.69, 9.17) is 0 Å². The Kier molecular flexibility index (Phi) is 5.65. The van der Waals surface area contributed by atoms with Crippen LogP contribution in [0.4, 0.5) is 0 Å². The van der Waals surface area contributed by atoms with Crippen LogP contribution in [0.3, 0.4) is 0 Å². The average molecular weight is 213 g/mol. The minimum absolute atomic E-state index is 0.139. The van der Waals surface area contributed by atoms with Crippen LogP contribution in [0.25, 0.3) is 0 Å². The SMILES string of the molecule is CCNC1CCCN(CCC(=O)NC)C1. The summed E-state index contributed by atoms with van der Waals surface area (Å²) < 4.78 is 0. The first-order valence-corrected chi connectivity index (χ1v) is 5.92. The molecule has 1 unspecified atom stereocenters. The van der Waals surface area contributed by atoms with Crippen molar-refractivity contribution in [3.8, 4) is 0 Å². The van der Waals surface area contributed by atoms with Crippen molar-refractivity contribution in [2.24, 2.45) is 0 Å². The molecule has 1 fully saturated rings. The quantitative estimate of drug-likeness (QED) is 0.685. The number of hydrogen-bond acceptors (Lipinski definition) is 3. The van der Waals surface area contributed by atoms with Crippen LogP contribution in [0.2, 0.25) is 0 Å². The van der Waals surface area contributed by atoms with Crippen LogP contribution in [0.15, 0.2) is 0 Å². The lowest BCUT2D eigenvalue weighted by Crippen LogP contribution is -2.46. The lowest BCUT2D eigenvalue weighted by Gasteiger charge is -2.32. The summed E-state index contributed by atoms with van der Waals surface area (Å²) >= 11 is 0. The zero-order valence-corrected chi connectivity index (χ0v) is 9.88. The molecular weight excluding hydrogens is 190 g/mol. The van der Waals surface area contributed by atoms with E-state index in [0.717, 1.165) is 26.2 Å². The molecule has 0 aromatic rings. The van der Waals surface area contributed by atoms with Crippen LogP contribution in [-0.2, 0) is 4.79 Å². The Morgan fingerprint density at radius 3 is 3.00 bits per heavy atom. The lowest BCUT2D eigenvalue weighted by molar-refractivity contribution is -0.121. The van der Waals surface area contributed by atoms with E-state index in [9.17, 15) is 4.79 Å². The van der Waals surface area contributed by atoms with Crippen molar-refractivity contribution in [1.29, 1.82) is 0 Å². The van der Waals surface area contributed by atoms with Gasteiger partial charge in [0.05, 0.1) is 0 Å². The molecular formula is C11H23N3O. The van der Waals surface area contributed by atoms with Crippen LogP contribution in [0, 0.1) is 0 Å². The Hall–Kier alpha value is -0.610. The number of carbonyl (C=O) groups is 1. The molecule has 1 rings (SSSR count). The standard InChI is InChI=1S/C11H23N3O/c1-3-13-10-5-4-7-14(9-10)8-6-11(15)12-2/h10,13H,3-9H2,1-2H3,(H,12,15). The largest absolute Gasteiger partial charge is 0.359 e. The molecule has 2 N–H and O–H groups in total. The lowest BCUT2D eigenvalue weighted by atomic mass is 10.1. The Bertz CT molecular complexity index is 194. The normalized spacial score (nSPS) is 22.7. The number of rotatable bonds is 5. The molecule has 4 nitrogen and oxygen atoms in total. The van der Waals surface area contributed by atoms with Crippen molar-refractivity contribution in [2.45, 2.75) is 32.2 Å². The van der Waals surface area contributed by atoms with Crippen LogP contribution in [0.5, 0.6) is 0 Å². The topological polar surface area (TPSA) is 44.4 Å². The fraction of sp³-hybridized carbons (Fsp3) is 0.909. The van der Waals surface area contributed by atoms with Gasteiger partial charge in [-0.05, 0) is 25.9 Å². The first-order valence-electron chi connectivity index (χ1n) is 5.92. The molecule has 0 radical (unpaired) electrons. The molecule has 0 aromatic heterocycles. The number of piperidine rings is 1. The zero-order valence-electron chi connectivity index (χ0n) is 9.88. The van der Waals surface area contributed by atoms with Crippen molar-refractivity contribution in [3.63, 3.8) is 0 Å². The Labute approximate surface area is 92.4 Å². The number of nitrogens with one attached hydrogen (secondary N) is 2. The first-order chi connectivity index (χ1) is 7.26. The van der Waals surface area contributed by atoms with Gasteiger partial charge >= 0.3 is 0 Å². The molecule has 1 saturated heterocycles. The zero-order chi connectivity index (χ0) is 11.1. The smallest absolute Gasteiger partial charge is 0.221 e. The van der Waals surface area contributed by atoms with Crippen molar-refractivity contribution in [2.75, 3.05) is 33.2 Å². The number of hydrogen-bond donors (Lipinski definition) is 2. The second-order valence-electron chi connectivity index (χ2n) is 4.12. The van der Waals surface area contributed by atoms with E-state index in [1.54, 1.807) is 7.05 Å². The summed E-state index contributed by atoms with van der Waals surface area (Å²) in [5.74, 6) is 0.139. The van der Waals surface area contributed by atoms with E-state index >= 15 is 0 Å². The molecule has 0 saturated carbocycles. The Morgan fingerprint density at radius 1 is 1.53 bits per heavy atom. The van der Waals surface area contributed by atoms with Crippen LogP contribution >= 0.6 is 0 Å². The van der Waals surface area contributed by atoms with E-state index in [-0.39, 0.29) is 5.91 Å². The van der Waals surface area contributed by atoms with Crippen LogP contribution < -0.4 is 10.6 Å². The van der Waals surface area contributed by atoms with Gasteiger partial charge in [-0.25, -0.2) is 0 Å². The van der Waals surface area contributed by atoms with Crippen LogP contribution in [-0.4, -0.2) is 50.1 Å². The minimum Gasteiger partial charge on any atom is -0.359 e. The average Bonchev–Trinajstić information content (AvgIpc) is 2.27. The Balaban J connectivity index is 2.21. The highest BCUT2D eigenvalue weighted by atomic mass is 16.1. The third-order valence-corrected chi connectivity index (χ3v) is 2.93. The predicted molar refractivity (Wildman–Crippen MR) is 61.8 cm³/mol. The maximum absolute atomic E-state index is 11.1. The molecule has 0 bridgehead atoms. The molecule has 4 heteroatoms. The molecule has 1 aliphatic rings. The fourth-order valence-electron chi connectivity index (χ4n) is 2.10. The summed E-state index contributed by atoms with van der Waals surface area (Å²) in [7, 11) is 1.69. The monoisotopic (exact) mass is 213 g/mol. The number of amides is 1. The fourth-order valence-corrected chi connectivity index (χ4v) is 2.10. The molecule has 0 aliphatic carbocycles. The third-order valence-electron chi connectivity index (χ3n) is 2.93. The predicted octanol–water partition coefficient (Wildman–Crippen LogP) is 0.196. The van der Waals surface area contributed by atoms with E-state index in [0.29, 0.717) is 12.5 Å². The molecule has 88 valence electrons. The van der Waals surface area contributed by atoms with Crippen molar-refractivity contribution < 1.29 is 4.79 Å². The van der Waals surface area contributed by atoms with Crippen molar-refractivity contribution in [1.82, 2.24) is 15.5 Å². The van der Waals surface area contributed by atoms with Gasteiger partial charge < -0.3 is 15.5 Å². The van der Waals surface area contributed by atoms with Crippen LogP contribution in [0.1, 0.15) is 26.2 Å². The van der Waals surface area contributed by atoms with Gasteiger partial charge in [-0.1, -0.05) is 6.92 Å². The molecule has 1 atom stereocenters. The first kappa shape index (κ1) is 12.5. The summed E-state index contributed by atoms with van der Waals surface area (Å²) in [6, 6.07) is 0.619. The molecule has 1 aliphatic heterocycles. The van der Waals surface area contributed by atoms with Crippen molar-refractivity contribution >= 4 is 5.91 Å².